The summed E-state index contributed by atoms with van der Waals surface area (Å²) in [4.78, 5) is 39.1. The number of halogens is 1. The van der Waals surface area contributed by atoms with Crippen LogP contribution in [0.4, 0.5) is 5.82 Å². The van der Waals surface area contributed by atoms with Crippen molar-refractivity contribution in [3.05, 3.63) is 77.2 Å². The molecule has 4 heterocycles. The Morgan fingerprint density at radius 1 is 1.03 bits per heavy atom. The molecule has 0 aliphatic carbocycles. The van der Waals surface area contributed by atoms with Crippen molar-refractivity contribution in [1.29, 1.82) is 0 Å². The van der Waals surface area contributed by atoms with Crippen molar-refractivity contribution in [1.82, 2.24) is 19.9 Å². The molecule has 0 spiro atoms. The highest BCUT2D eigenvalue weighted by atomic mass is 35.5. The molecule has 2 N–H and O–H groups in total. The smallest absolute Gasteiger partial charge is 0.291 e. The molecule has 1 saturated heterocycles. The van der Waals surface area contributed by atoms with Crippen molar-refractivity contribution in [3.8, 4) is 11.1 Å². The quantitative estimate of drug-likeness (QED) is 0.361. The van der Waals surface area contributed by atoms with Crippen LogP contribution in [0.1, 0.15) is 28.4 Å². The molecule has 5 rings (SSSR count). The van der Waals surface area contributed by atoms with Crippen molar-refractivity contribution in [3.63, 3.8) is 0 Å². The van der Waals surface area contributed by atoms with Crippen LogP contribution < -0.4 is 5.73 Å². The van der Waals surface area contributed by atoms with Crippen LogP contribution in [-0.2, 0) is 16.0 Å². The zero-order chi connectivity index (χ0) is 25.8. The molecule has 3 aromatic heterocycles. The first kappa shape index (κ1) is 24.6. The summed E-state index contributed by atoms with van der Waals surface area (Å²) in [7, 11) is 0. The second kappa shape index (κ2) is 10.9. The second-order valence-corrected chi connectivity index (χ2v) is 9.01. The van der Waals surface area contributed by atoms with Gasteiger partial charge in [-0.2, -0.15) is 0 Å². The summed E-state index contributed by atoms with van der Waals surface area (Å²) in [6.45, 7) is 2.09. The van der Waals surface area contributed by atoms with Gasteiger partial charge in [-0.25, -0.2) is 15.0 Å². The molecule has 1 aliphatic heterocycles. The number of morpholine rings is 1. The number of benzene rings is 1. The number of aryl methyl sites for hydroxylation is 1. The summed E-state index contributed by atoms with van der Waals surface area (Å²) >= 11 is 6.50. The molecule has 188 valence electrons. The van der Waals surface area contributed by atoms with E-state index in [1.807, 2.05) is 12.1 Å². The number of nitrogen functional groups attached to an aromatic ring is 1. The molecule has 1 aliphatic rings. The number of ketones is 1. The van der Waals surface area contributed by atoms with E-state index in [1.54, 1.807) is 47.8 Å². The molecule has 0 saturated carbocycles. The molecule has 0 radical (unpaired) electrons. The Morgan fingerprint density at radius 3 is 2.54 bits per heavy atom. The van der Waals surface area contributed by atoms with E-state index in [2.05, 4.69) is 15.0 Å². The highest BCUT2D eigenvalue weighted by Crippen LogP contribution is 2.33. The SMILES string of the molecule is Nc1ccc(/C=C/C(=O)CCc2cc3cc(-c4cnc(C(=O)N5CCOCC5)nc4)cc(Cl)c3o2)cn1. The number of hydrogen-bond acceptors (Lipinski definition) is 8. The van der Waals surface area contributed by atoms with Gasteiger partial charge >= 0.3 is 0 Å². The number of anilines is 1. The van der Waals surface area contributed by atoms with Gasteiger partial charge in [-0.1, -0.05) is 11.6 Å². The average molecular weight is 518 g/mol. The number of fused-ring (bicyclic) bond motifs is 1. The third kappa shape index (κ3) is 5.84. The number of rotatable bonds is 7. The maximum Gasteiger partial charge on any atom is 0.291 e. The number of carbonyl (C=O) groups is 2. The lowest BCUT2D eigenvalue weighted by Gasteiger charge is -2.25. The van der Waals surface area contributed by atoms with E-state index in [-0.39, 0.29) is 23.9 Å². The third-order valence-electron chi connectivity index (χ3n) is 5.99. The molecule has 1 fully saturated rings. The maximum atomic E-state index is 12.6. The van der Waals surface area contributed by atoms with Gasteiger partial charge < -0.3 is 19.8 Å². The van der Waals surface area contributed by atoms with Crippen LogP contribution in [0, 0.1) is 0 Å². The first-order valence-electron chi connectivity index (χ1n) is 11.8. The minimum absolute atomic E-state index is 0.0343. The molecule has 0 unspecified atom stereocenters. The number of nitrogens with two attached hydrogens (primary N) is 1. The van der Waals surface area contributed by atoms with Gasteiger partial charge in [0.1, 0.15) is 11.6 Å². The number of pyridine rings is 1. The third-order valence-corrected chi connectivity index (χ3v) is 6.27. The average Bonchev–Trinajstić information content (AvgIpc) is 3.35. The fourth-order valence-corrected chi connectivity index (χ4v) is 4.25. The lowest BCUT2D eigenvalue weighted by atomic mass is 10.1. The van der Waals surface area contributed by atoms with Crippen molar-refractivity contribution in [2.24, 2.45) is 0 Å². The van der Waals surface area contributed by atoms with Gasteiger partial charge in [0.2, 0.25) is 5.82 Å². The Kier molecular flexibility index (Phi) is 7.25. The molecule has 1 amide bonds. The van der Waals surface area contributed by atoms with E-state index in [4.69, 9.17) is 26.5 Å². The number of allylic oxidation sites excluding steroid dienone is 1. The van der Waals surface area contributed by atoms with Crippen LogP contribution in [0.15, 0.2) is 59.4 Å². The minimum atomic E-state index is -0.211. The van der Waals surface area contributed by atoms with Crippen LogP contribution in [0.3, 0.4) is 0 Å². The maximum absolute atomic E-state index is 12.6. The Balaban J connectivity index is 1.26. The van der Waals surface area contributed by atoms with E-state index in [9.17, 15) is 9.59 Å². The highest BCUT2D eigenvalue weighted by molar-refractivity contribution is 6.35. The number of nitrogens with zero attached hydrogens (tertiary/aromatic N) is 4. The fraction of sp³-hybridized carbons (Fsp3) is 0.222. The number of amides is 1. The molecule has 37 heavy (non-hydrogen) atoms. The minimum Gasteiger partial charge on any atom is -0.459 e. The van der Waals surface area contributed by atoms with Gasteiger partial charge in [0.05, 0.1) is 18.2 Å². The van der Waals surface area contributed by atoms with E-state index < -0.39 is 0 Å². The van der Waals surface area contributed by atoms with Gasteiger partial charge in [0.15, 0.2) is 11.4 Å². The number of hydrogen-bond donors (Lipinski definition) is 1. The van der Waals surface area contributed by atoms with Crippen LogP contribution >= 0.6 is 11.6 Å². The summed E-state index contributed by atoms with van der Waals surface area (Å²) in [5, 5.41) is 1.25. The predicted molar refractivity (Wildman–Crippen MR) is 140 cm³/mol. The van der Waals surface area contributed by atoms with Gasteiger partial charge in [-0.05, 0) is 53.6 Å². The van der Waals surface area contributed by atoms with Crippen LogP contribution in [0.25, 0.3) is 28.2 Å². The topological polar surface area (TPSA) is 124 Å². The summed E-state index contributed by atoms with van der Waals surface area (Å²) in [5.41, 5.74) is 8.45. The summed E-state index contributed by atoms with van der Waals surface area (Å²) < 4.78 is 11.2. The number of carbonyl (C=O) groups excluding carboxylic acids is 2. The van der Waals surface area contributed by atoms with Crippen molar-refractivity contribution < 1.29 is 18.7 Å². The van der Waals surface area contributed by atoms with E-state index in [0.29, 0.717) is 54.9 Å². The standard InChI is InChI=1S/C27H24ClN5O4/c28-23-13-18(20-15-31-26(32-16-20)27(35)33-7-9-36-10-8-33)11-19-12-22(37-25(19)23)5-4-21(34)3-1-17-2-6-24(29)30-14-17/h1-3,6,11-16H,4-5,7-10H2,(H2,29,30)/b3-1+. The Labute approximate surface area is 217 Å². The number of ether oxygens (including phenoxy) is 1. The summed E-state index contributed by atoms with van der Waals surface area (Å²) in [5.74, 6) is 0.992. The number of aromatic nitrogens is 3. The van der Waals surface area contributed by atoms with Gasteiger partial charge in [0.25, 0.3) is 5.91 Å². The molecule has 0 atom stereocenters. The molecule has 10 heteroatoms. The first-order chi connectivity index (χ1) is 18.0. The molecular formula is C27H24ClN5O4. The lowest BCUT2D eigenvalue weighted by Crippen LogP contribution is -2.41. The monoisotopic (exact) mass is 517 g/mol. The number of furan rings is 1. The van der Waals surface area contributed by atoms with Crippen molar-refractivity contribution >= 4 is 46.2 Å². The molecule has 0 bridgehead atoms. The summed E-state index contributed by atoms with van der Waals surface area (Å²) in [6.07, 6.45) is 8.79. The van der Waals surface area contributed by atoms with Gasteiger partial charge in [-0.15, -0.1) is 0 Å². The Bertz CT molecular complexity index is 1460. The van der Waals surface area contributed by atoms with Crippen LogP contribution in [-0.4, -0.2) is 57.8 Å². The predicted octanol–water partition coefficient (Wildman–Crippen LogP) is 4.21. The van der Waals surface area contributed by atoms with Crippen molar-refractivity contribution in [2.45, 2.75) is 12.8 Å². The Hall–Kier alpha value is -4.08. The Morgan fingerprint density at radius 2 is 1.81 bits per heavy atom. The molecule has 1 aromatic carbocycles. The lowest BCUT2D eigenvalue weighted by molar-refractivity contribution is -0.114. The zero-order valence-electron chi connectivity index (χ0n) is 19.9. The largest absolute Gasteiger partial charge is 0.459 e. The first-order valence-corrected chi connectivity index (χ1v) is 12.2. The summed E-state index contributed by atoms with van der Waals surface area (Å²) in [6, 6.07) is 9.05. The van der Waals surface area contributed by atoms with Crippen LogP contribution in [0.5, 0.6) is 0 Å². The highest BCUT2D eigenvalue weighted by Gasteiger charge is 2.21. The van der Waals surface area contributed by atoms with E-state index >= 15 is 0 Å². The zero-order valence-corrected chi connectivity index (χ0v) is 20.6. The van der Waals surface area contributed by atoms with Gasteiger partial charge in [-0.3, -0.25) is 9.59 Å². The van der Waals surface area contributed by atoms with E-state index in [1.165, 1.54) is 6.08 Å². The van der Waals surface area contributed by atoms with Crippen LogP contribution in [0.2, 0.25) is 5.02 Å². The molecular weight excluding hydrogens is 494 g/mol. The van der Waals surface area contributed by atoms with Gasteiger partial charge in [0, 0.05) is 55.5 Å². The van der Waals surface area contributed by atoms with Crippen molar-refractivity contribution in [2.75, 3.05) is 32.0 Å². The second-order valence-electron chi connectivity index (χ2n) is 8.61. The fourth-order valence-electron chi connectivity index (χ4n) is 3.98. The van der Waals surface area contributed by atoms with E-state index in [0.717, 1.165) is 22.1 Å². The molecule has 9 nitrogen and oxygen atoms in total. The normalized spacial score (nSPS) is 13.9. The molecule has 4 aromatic rings.